The van der Waals surface area contributed by atoms with Crippen molar-refractivity contribution in [3.63, 3.8) is 0 Å². The van der Waals surface area contributed by atoms with Crippen LogP contribution in [-0.4, -0.2) is 34.9 Å². The molecule has 0 aliphatic heterocycles. The van der Waals surface area contributed by atoms with Gasteiger partial charge in [-0.15, -0.1) is 0 Å². The predicted molar refractivity (Wildman–Crippen MR) is 275 cm³/mol. The maximum atomic E-state index is 5.19. The molecule has 0 saturated heterocycles. The van der Waals surface area contributed by atoms with Gasteiger partial charge in [-0.05, 0) is 71.5 Å². The Morgan fingerprint density at radius 1 is 0.221 bits per heavy atom. The highest BCUT2D eigenvalue weighted by Gasteiger charge is 2.17. The molecule has 0 atom stereocenters. The maximum Gasteiger partial charge on any atom is 0.164 e. The summed E-state index contributed by atoms with van der Waals surface area (Å²) in [7, 11) is 0. The van der Waals surface area contributed by atoms with E-state index in [0.717, 1.165) is 101 Å². The number of benzene rings is 8. The number of aryl methyl sites for hydroxylation is 2. The summed E-state index contributed by atoms with van der Waals surface area (Å²) in [5, 5.41) is 0. The van der Waals surface area contributed by atoms with Gasteiger partial charge in [0, 0.05) is 44.6 Å². The zero-order valence-corrected chi connectivity index (χ0v) is 37.5. The summed E-state index contributed by atoms with van der Waals surface area (Å²) < 4.78 is 0. The van der Waals surface area contributed by atoms with Crippen molar-refractivity contribution < 1.29 is 0 Å². The molecule has 0 spiro atoms. The highest BCUT2D eigenvalue weighted by Crippen LogP contribution is 2.38. The number of rotatable bonds is 10. The molecule has 3 heterocycles. The average molecular weight is 874 g/mol. The lowest BCUT2D eigenvalue weighted by atomic mass is 9.92. The van der Waals surface area contributed by atoms with Gasteiger partial charge in [-0.25, -0.2) is 34.9 Å². The molecule has 7 nitrogen and oxygen atoms in total. The number of aromatic nitrogens is 7. The second-order valence-electron chi connectivity index (χ2n) is 16.7. The molecule has 3 aromatic heterocycles. The molecule has 322 valence electrons. The molecule has 11 rings (SSSR count). The number of hydrogen-bond donors (Lipinski definition) is 0. The minimum Gasteiger partial charge on any atom is -0.239 e. The largest absolute Gasteiger partial charge is 0.239 e. The van der Waals surface area contributed by atoms with E-state index in [9.17, 15) is 0 Å². The third kappa shape index (κ3) is 8.84. The topological polar surface area (TPSA) is 90.2 Å². The summed E-state index contributed by atoms with van der Waals surface area (Å²) in [5.41, 5.74) is 16.8. The Hall–Kier alpha value is -9.07. The minimum absolute atomic E-state index is 0.612. The van der Waals surface area contributed by atoms with E-state index in [-0.39, 0.29) is 0 Å². The van der Waals surface area contributed by atoms with Crippen LogP contribution in [0.25, 0.3) is 113 Å². The van der Waals surface area contributed by atoms with Crippen molar-refractivity contribution in [1.82, 2.24) is 34.9 Å². The van der Waals surface area contributed by atoms with Crippen molar-refractivity contribution in [1.29, 1.82) is 0 Å². The second-order valence-corrected chi connectivity index (χ2v) is 16.7. The van der Waals surface area contributed by atoms with Crippen LogP contribution in [0.3, 0.4) is 0 Å². The Kier molecular flexibility index (Phi) is 11.3. The minimum atomic E-state index is 0.612. The summed E-state index contributed by atoms with van der Waals surface area (Å²) >= 11 is 0. The maximum absolute atomic E-state index is 5.19. The van der Waals surface area contributed by atoms with E-state index >= 15 is 0 Å². The molecule has 0 radical (unpaired) electrons. The molecule has 0 aliphatic carbocycles. The SMILES string of the molecule is Cc1cc(-c2cc(-c3ccc(-c4nc(-c5ccccc5)nc(-c5ccccc5)n4)cc3)ccc2-c2ccc(-c3nc(-c4ccccc4)cc(-c4cccc(-c5ccccc5)c4)n3)cc2)nc(C)n1. The highest BCUT2D eigenvalue weighted by molar-refractivity contribution is 5.87. The fourth-order valence-electron chi connectivity index (χ4n) is 8.56. The first-order valence-corrected chi connectivity index (χ1v) is 22.6. The first-order chi connectivity index (χ1) is 33.5. The smallest absolute Gasteiger partial charge is 0.164 e. The zero-order valence-electron chi connectivity index (χ0n) is 37.5. The first kappa shape index (κ1) is 41.6. The summed E-state index contributed by atoms with van der Waals surface area (Å²) in [5.74, 6) is 3.25. The van der Waals surface area contributed by atoms with Crippen LogP contribution in [0.2, 0.25) is 0 Å². The Balaban J connectivity index is 0.952. The first-order valence-electron chi connectivity index (χ1n) is 22.6. The van der Waals surface area contributed by atoms with Crippen molar-refractivity contribution >= 4 is 0 Å². The lowest BCUT2D eigenvalue weighted by molar-refractivity contribution is 1.02. The van der Waals surface area contributed by atoms with Gasteiger partial charge in [0.15, 0.2) is 23.3 Å². The van der Waals surface area contributed by atoms with Gasteiger partial charge in [-0.1, -0.05) is 200 Å². The zero-order chi connectivity index (χ0) is 45.8. The van der Waals surface area contributed by atoms with Crippen molar-refractivity contribution in [2.45, 2.75) is 13.8 Å². The molecule has 68 heavy (non-hydrogen) atoms. The number of hydrogen-bond acceptors (Lipinski definition) is 7. The highest BCUT2D eigenvalue weighted by atomic mass is 15.0. The van der Waals surface area contributed by atoms with E-state index in [4.69, 9.17) is 29.9 Å². The molecule has 0 amide bonds. The molecule has 7 heteroatoms. The van der Waals surface area contributed by atoms with Crippen LogP contribution in [0.15, 0.2) is 224 Å². The predicted octanol–water partition coefficient (Wildman–Crippen LogP) is 14.7. The molecule has 11 aromatic rings. The van der Waals surface area contributed by atoms with Gasteiger partial charge >= 0.3 is 0 Å². The van der Waals surface area contributed by atoms with Gasteiger partial charge in [0.2, 0.25) is 0 Å². The van der Waals surface area contributed by atoms with E-state index in [1.807, 2.05) is 98.8 Å². The Morgan fingerprint density at radius 2 is 0.618 bits per heavy atom. The second kappa shape index (κ2) is 18.4. The van der Waals surface area contributed by atoms with Crippen molar-refractivity contribution in [3.8, 4) is 113 Å². The van der Waals surface area contributed by atoms with Crippen molar-refractivity contribution in [3.05, 3.63) is 236 Å². The molecule has 0 unspecified atom stereocenters. The van der Waals surface area contributed by atoms with Crippen LogP contribution in [-0.2, 0) is 0 Å². The van der Waals surface area contributed by atoms with Crippen LogP contribution >= 0.6 is 0 Å². The molecular weight excluding hydrogens is 831 g/mol. The lowest BCUT2D eigenvalue weighted by Gasteiger charge is -2.15. The standard InChI is InChI=1S/C61H43N7/c1-40-36-57(63-41(2)62-40)54-38-51(43-26-30-49(31-27-43)61-67-59(46-20-11-5-12-21-46)66-60(68-61)47-22-13-6-14-23-47)34-35-53(54)44-28-32-48(33-29-44)58-64-55(45-18-9-4-10-19-45)39-56(65-58)52-25-15-24-50(37-52)42-16-7-3-8-17-42/h3-39H,1-2H3. The Bertz CT molecular complexity index is 3470. The number of nitrogens with zero attached hydrogens (tertiary/aromatic N) is 7. The van der Waals surface area contributed by atoms with Crippen LogP contribution in [0.1, 0.15) is 11.5 Å². The summed E-state index contributed by atoms with van der Waals surface area (Å²) in [6, 6.07) is 77.0. The summed E-state index contributed by atoms with van der Waals surface area (Å²) in [4.78, 5) is 34.7. The van der Waals surface area contributed by atoms with Gasteiger partial charge in [0.05, 0.1) is 17.1 Å². The van der Waals surface area contributed by atoms with E-state index < -0.39 is 0 Å². The summed E-state index contributed by atoms with van der Waals surface area (Å²) in [6.45, 7) is 3.95. The third-order valence-electron chi connectivity index (χ3n) is 12.0. The summed E-state index contributed by atoms with van der Waals surface area (Å²) in [6.07, 6.45) is 0. The molecule has 0 saturated carbocycles. The normalized spacial score (nSPS) is 11.1. The van der Waals surface area contributed by atoms with E-state index in [0.29, 0.717) is 23.3 Å². The van der Waals surface area contributed by atoms with E-state index in [1.54, 1.807) is 0 Å². The third-order valence-corrected chi connectivity index (χ3v) is 12.0. The molecule has 0 bridgehead atoms. The molecule has 0 fully saturated rings. The van der Waals surface area contributed by atoms with Crippen molar-refractivity contribution in [2.75, 3.05) is 0 Å². The Labute approximate surface area is 395 Å². The van der Waals surface area contributed by atoms with Gasteiger partial charge in [-0.3, -0.25) is 0 Å². The van der Waals surface area contributed by atoms with Gasteiger partial charge < -0.3 is 0 Å². The lowest BCUT2D eigenvalue weighted by Crippen LogP contribution is -2.00. The van der Waals surface area contributed by atoms with Crippen molar-refractivity contribution in [2.24, 2.45) is 0 Å². The molecule has 8 aromatic carbocycles. The molecular formula is C61H43N7. The average Bonchev–Trinajstić information content (AvgIpc) is 3.41. The fraction of sp³-hybridized carbons (Fsp3) is 0.0328. The van der Waals surface area contributed by atoms with Crippen LogP contribution < -0.4 is 0 Å². The van der Waals surface area contributed by atoms with Crippen LogP contribution in [0.4, 0.5) is 0 Å². The fourth-order valence-corrected chi connectivity index (χ4v) is 8.56. The van der Waals surface area contributed by atoms with E-state index in [2.05, 4.69) is 145 Å². The molecule has 0 aliphatic rings. The van der Waals surface area contributed by atoms with Gasteiger partial charge in [-0.2, -0.15) is 0 Å². The van der Waals surface area contributed by atoms with Crippen LogP contribution in [0, 0.1) is 13.8 Å². The Morgan fingerprint density at radius 3 is 1.18 bits per heavy atom. The van der Waals surface area contributed by atoms with E-state index in [1.165, 1.54) is 0 Å². The van der Waals surface area contributed by atoms with Gasteiger partial charge in [0.1, 0.15) is 5.82 Å². The van der Waals surface area contributed by atoms with Gasteiger partial charge in [0.25, 0.3) is 0 Å². The monoisotopic (exact) mass is 873 g/mol. The van der Waals surface area contributed by atoms with Crippen LogP contribution in [0.5, 0.6) is 0 Å². The molecule has 0 N–H and O–H groups in total. The quantitative estimate of drug-likeness (QED) is 0.135.